The predicted molar refractivity (Wildman–Crippen MR) is 70.7 cm³/mol. The third-order valence-corrected chi connectivity index (χ3v) is 4.32. The van der Waals surface area contributed by atoms with Crippen molar-refractivity contribution in [1.82, 2.24) is 15.1 Å². The van der Waals surface area contributed by atoms with Gasteiger partial charge in [-0.25, -0.2) is 0 Å². The largest absolute Gasteiger partial charge is 0.481 e. The first-order valence-electron chi connectivity index (χ1n) is 7.01. The van der Waals surface area contributed by atoms with Crippen molar-refractivity contribution in [3.05, 3.63) is 0 Å². The zero-order valence-electron chi connectivity index (χ0n) is 11.3. The molecule has 2 rings (SSSR count). The lowest BCUT2D eigenvalue weighted by atomic mass is 9.84. The van der Waals surface area contributed by atoms with Gasteiger partial charge < -0.3 is 15.3 Å². The summed E-state index contributed by atoms with van der Waals surface area (Å²) < 4.78 is 0. The minimum absolute atomic E-state index is 0.185. The van der Waals surface area contributed by atoms with E-state index in [4.69, 9.17) is 0 Å². The summed E-state index contributed by atoms with van der Waals surface area (Å²) >= 11 is 0. The molecular weight excluding hydrogens is 230 g/mol. The highest BCUT2D eigenvalue weighted by molar-refractivity contribution is 5.70. The molecule has 0 amide bonds. The van der Waals surface area contributed by atoms with Crippen LogP contribution in [0, 0.1) is 11.8 Å². The van der Waals surface area contributed by atoms with Gasteiger partial charge in [0.15, 0.2) is 0 Å². The lowest BCUT2D eigenvalue weighted by Gasteiger charge is -2.36. The summed E-state index contributed by atoms with van der Waals surface area (Å²) in [6.45, 7) is 6.79. The monoisotopic (exact) mass is 255 g/mol. The molecule has 2 heterocycles. The van der Waals surface area contributed by atoms with Crippen LogP contribution in [0.3, 0.4) is 0 Å². The molecule has 0 bridgehead atoms. The second kappa shape index (κ2) is 6.50. The number of nitrogens with zero attached hydrogens (tertiary/aromatic N) is 2. The molecule has 0 aromatic carbocycles. The SMILES string of the molecule is CN1CCN(CC(C(=O)O)C2CCNCC2)CC1. The summed E-state index contributed by atoms with van der Waals surface area (Å²) in [6, 6.07) is 0. The number of carbonyl (C=O) groups is 1. The number of nitrogens with one attached hydrogen (secondary N) is 1. The molecule has 1 unspecified atom stereocenters. The molecule has 0 aromatic heterocycles. The van der Waals surface area contributed by atoms with Crippen LogP contribution in [0.2, 0.25) is 0 Å². The lowest BCUT2D eigenvalue weighted by molar-refractivity contribution is -0.145. The number of hydrogen-bond acceptors (Lipinski definition) is 4. The molecule has 2 aliphatic rings. The number of piperidine rings is 1. The van der Waals surface area contributed by atoms with Gasteiger partial charge in [0.1, 0.15) is 0 Å². The van der Waals surface area contributed by atoms with Crippen LogP contribution in [-0.4, -0.2) is 73.7 Å². The van der Waals surface area contributed by atoms with Crippen molar-refractivity contribution in [2.24, 2.45) is 11.8 Å². The Balaban J connectivity index is 1.87. The Hall–Kier alpha value is -0.650. The van der Waals surface area contributed by atoms with Gasteiger partial charge in [-0.2, -0.15) is 0 Å². The Morgan fingerprint density at radius 3 is 2.44 bits per heavy atom. The molecule has 0 aliphatic carbocycles. The average molecular weight is 255 g/mol. The van der Waals surface area contributed by atoms with Gasteiger partial charge in [0.25, 0.3) is 0 Å². The van der Waals surface area contributed by atoms with Crippen LogP contribution >= 0.6 is 0 Å². The van der Waals surface area contributed by atoms with E-state index in [1.54, 1.807) is 0 Å². The summed E-state index contributed by atoms with van der Waals surface area (Å²) in [4.78, 5) is 16.1. The first-order valence-corrected chi connectivity index (χ1v) is 7.01. The van der Waals surface area contributed by atoms with E-state index in [2.05, 4.69) is 22.2 Å². The molecule has 0 spiro atoms. The van der Waals surface area contributed by atoms with Gasteiger partial charge in [-0.3, -0.25) is 9.69 Å². The number of piperazine rings is 1. The molecule has 2 aliphatic heterocycles. The first kappa shape index (κ1) is 13.8. The van der Waals surface area contributed by atoms with E-state index in [1.165, 1.54) is 0 Å². The number of carboxylic acids is 1. The Kier molecular flexibility index (Phi) is 4.97. The minimum Gasteiger partial charge on any atom is -0.481 e. The van der Waals surface area contributed by atoms with E-state index in [1.807, 2.05) is 0 Å². The van der Waals surface area contributed by atoms with Gasteiger partial charge in [-0.05, 0) is 38.9 Å². The topological polar surface area (TPSA) is 55.8 Å². The summed E-state index contributed by atoms with van der Waals surface area (Å²) in [5.74, 6) is -0.445. The Labute approximate surface area is 109 Å². The van der Waals surface area contributed by atoms with Gasteiger partial charge in [-0.15, -0.1) is 0 Å². The number of hydrogen-bond donors (Lipinski definition) is 2. The van der Waals surface area contributed by atoms with Gasteiger partial charge >= 0.3 is 5.97 Å². The summed E-state index contributed by atoms with van der Waals surface area (Å²) in [5.41, 5.74) is 0. The fourth-order valence-electron chi connectivity index (χ4n) is 2.98. The standard InChI is InChI=1S/C13H25N3O2/c1-15-6-8-16(9-7-15)10-12(13(17)18)11-2-4-14-5-3-11/h11-12,14H,2-10H2,1H3,(H,17,18). The van der Waals surface area contributed by atoms with Gasteiger partial charge in [-0.1, -0.05) is 0 Å². The van der Waals surface area contributed by atoms with Crippen molar-refractivity contribution >= 4 is 5.97 Å². The molecule has 5 nitrogen and oxygen atoms in total. The van der Waals surface area contributed by atoms with E-state index in [-0.39, 0.29) is 5.92 Å². The van der Waals surface area contributed by atoms with Crippen LogP contribution < -0.4 is 5.32 Å². The van der Waals surface area contributed by atoms with E-state index in [9.17, 15) is 9.90 Å². The van der Waals surface area contributed by atoms with E-state index >= 15 is 0 Å². The molecule has 5 heteroatoms. The normalized spacial score (nSPS) is 26.1. The van der Waals surface area contributed by atoms with E-state index in [0.29, 0.717) is 5.92 Å². The maximum absolute atomic E-state index is 11.5. The Morgan fingerprint density at radius 1 is 1.28 bits per heavy atom. The maximum Gasteiger partial charge on any atom is 0.308 e. The molecule has 18 heavy (non-hydrogen) atoms. The molecule has 2 N–H and O–H groups in total. The molecule has 0 aromatic rings. The fraction of sp³-hybridized carbons (Fsp3) is 0.923. The number of likely N-dealkylation sites (N-methyl/N-ethyl adjacent to an activating group) is 1. The highest BCUT2D eigenvalue weighted by atomic mass is 16.4. The van der Waals surface area contributed by atoms with Gasteiger partial charge in [0.05, 0.1) is 5.92 Å². The Morgan fingerprint density at radius 2 is 1.89 bits per heavy atom. The van der Waals surface area contributed by atoms with Crippen molar-refractivity contribution in [2.45, 2.75) is 12.8 Å². The predicted octanol–water partition coefficient (Wildman–Crippen LogP) is -0.0658. The van der Waals surface area contributed by atoms with Crippen molar-refractivity contribution in [2.75, 3.05) is 52.9 Å². The van der Waals surface area contributed by atoms with E-state index in [0.717, 1.165) is 58.7 Å². The first-order chi connectivity index (χ1) is 8.66. The lowest BCUT2D eigenvalue weighted by Crippen LogP contribution is -2.48. The average Bonchev–Trinajstić information content (AvgIpc) is 2.38. The highest BCUT2D eigenvalue weighted by Gasteiger charge is 2.31. The molecule has 1 atom stereocenters. The second-order valence-electron chi connectivity index (χ2n) is 5.64. The van der Waals surface area contributed by atoms with E-state index < -0.39 is 5.97 Å². The maximum atomic E-state index is 11.5. The zero-order chi connectivity index (χ0) is 13.0. The second-order valence-corrected chi connectivity index (χ2v) is 5.64. The van der Waals surface area contributed by atoms with Crippen LogP contribution in [0.25, 0.3) is 0 Å². The summed E-state index contributed by atoms with van der Waals surface area (Å²) in [6.07, 6.45) is 2.01. The van der Waals surface area contributed by atoms with Crippen molar-refractivity contribution in [3.8, 4) is 0 Å². The summed E-state index contributed by atoms with van der Waals surface area (Å²) in [5, 5.41) is 12.8. The fourth-order valence-corrected chi connectivity index (χ4v) is 2.98. The molecule has 0 saturated carbocycles. The van der Waals surface area contributed by atoms with Crippen molar-refractivity contribution in [3.63, 3.8) is 0 Å². The molecule has 2 saturated heterocycles. The van der Waals surface area contributed by atoms with Gasteiger partial charge in [0, 0.05) is 32.7 Å². The van der Waals surface area contributed by atoms with Crippen LogP contribution in [0.4, 0.5) is 0 Å². The number of carboxylic acid groups (broad SMARTS) is 1. The van der Waals surface area contributed by atoms with Crippen LogP contribution in [0.5, 0.6) is 0 Å². The minimum atomic E-state index is -0.610. The zero-order valence-corrected chi connectivity index (χ0v) is 11.3. The van der Waals surface area contributed by atoms with Gasteiger partial charge in [0.2, 0.25) is 0 Å². The van der Waals surface area contributed by atoms with Crippen LogP contribution in [-0.2, 0) is 4.79 Å². The third kappa shape index (κ3) is 3.67. The third-order valence-electron chi connectivity index (χ3n) is 4.32. The van der Waals surface area contributed by atoms with Crippen LogP contribution in [0.1, 0.15) is 12.8 Å². The van der Waals surface area contributed by atoms with Crippen LogP contribution in [0.15, 0.2) is 0 Å². The van der Waals surface area contributed by atoms with Crippen molar-refractivity contribution < 1.29 is 9.90 Å². The molecule has 2 fully saturated rings. The Bertz CT molecular complexity index is 271. The van der Waals surface area contributed by atoms with Crippen molar-refractivity contribution in [1.29, 1.82) is 0 Å². The summed E-state index contributed by atoms with van der Waals surface area (Å²) in [7, 11) is 2.12. The smallest absolute Gasteiger partial charge is 0.308 e. The quantitative estimate of drug-likeness (QED) is 0.737. The highest BCUT2D eigenvalue weighted by Crippen LogP contribution is 2.23. The molecule has 104 valence electrons. The number of aliphatic carboxylic acids is 1. The molecule has 0 radical (unpaired) electrons. The number of rotatable bonds is 4. The molecular formula is C13H25N3O2.